The summed E-state index contributed by atoms with van der Waals surface area (Å²) in [4.78, 5) is 3.96. The van der Waals surface area contributed by atoms with Crippen LogP contribution in [0.5, 0.6) is 5.75 Å². The number of alkyl halides is 2. The molecule has 0 aliphatic rings. The molecular formula is C8H6F2N2O. The molecule has 0 saturated carbocycles. The Hall–Kier alpha value is -1.65. The largest absolute Gasteiger partial charge is 0.433 e. The van der Waals surface area contributed by atoms with E-state index in [9.17, 15) is 8.78 Å². The van der Waals surface area contributed by atoms with Gasteiger partial charge in [0, 0.05) is 12.4 Å². The van der Waals surface area contributed by atoms with Crippen molar-refractivity contribution in [2.45, 2.75) is 6.61 Å². The first-order chi connectivity index (χ1) is 6.25. The van der Waals surface area contributed by atoms with Crippen LogP contribution in [0, 0.1) is 0 Å². The van der Waals surface area contributed by atoms with Gasteiger partial charge < -0.3 is 9.14 Å². The number of hydrogen-bond donors (Lipinski definition) is 0. The number of pyridine rings is 1. The van der Waals surface area contributed by atoms with Gasteiger partial charge in [0.1, 0.15) is 11.4 Å². The Balaban J connectivity index is 2.37. The van der Waals surface area contributed by atoms with E-state index in [0.29, 0.717) is 5.65 Å². The first-order valence-corrected chi connectivity index (χ1v) is 3.63. The van der Waals surface area contributed by atoms with Crippen molar-refractivity contribution in [2.75, 3.05) is 0 Å². The highest BCUT2D eigenvalue weighted by Gasteiger charge is 2.04. The number of imidazole rings is 1. The minimum atomic E-state index is -2.79. The summed E-state index contributed by atoms with van der Waals surface area (Å²) in [6.45, 7) is -2.79. The lowest BCUT2D eigenvalue weighted by Crippen LogP contribution is -2.02. The van der Waals surface area contributed by atoms with E-state index < -0.39 is 6.61 Å². The lowest BCUT2D eigenvalue weighted by atomic mass is 10.4. The molecule has 0 saturated heterocycles. The summed E-state index contributed by atoms with van der Waals surface area (Å²) in [6.07, 6.45) is 4.70. The average Bonchev–Trinajstić information content (AvgIpc) is 2.49. The van der Waals surface area contributed by atoms with Gasteiger partial charge in [-0.25, -0.2) is 4.98 Å². The molecule has 3 nitrogen and oxygen atoms in total. The second-order valence-electron chi connectivity index (χ2n) is 2.44. The van der Waals surface area contributed by atoms with Gasteiger partial charge in [0.25, 0.3) is 0 Å². The van der Waals surface area contributed by atoms with E-state index in [4.69, 9.17) is 0 Å². The second-order valence-corrected chi connectivity index (χ2v) is 2.44. The van der Waals surface area contributed by atoms with Crippen LogP contribution in [0.3, 0.4) is 0 Å². The van der Waals surface area contributed by atoms with Crippen LogP contribution in [0.25, 0.3) is 5.65 Å². The summed E-state index contributed by atoms with van der Waals surface area (Å²) in [5, 5.41) is 0. The number of halogens is 2. The molecule has 0 aromatic carbocycles. The van der Waals surface area contributed by atoms with Gasteiger partial charge in [0.15, 0.2) is 0 Å². The maximum absolute atomic E-state index is 11.8. The molecule has 0 unspecified atom stereocenters. The van der Waals surface area contributed by atoms with Gasteiger partial charge in [-0.2, -0.15) is 8.78 Å². The maximum Gasteiger partial charge on any atom is 0.387 e. The van der Waals surface area contributed by atoms with Crippen molar-refractivity contribution in [3.05, 3.63) is 30.7 Å². The number of nitrogens with zero attached hydrogens (tertiary/aromatic N) is 2. The third-order valence-corrected chi connectivity index (χ3v) is 1.59. The topological polar surface area (TPSA) is 26.5 Å². The fourth-order valence-electron chi connectivity index (χ4n) is 1.07. The molecule has 0 atom stereocenters. The van der Waals surface area contributed by atoms with Crippen LogP contribution in [0.1, 0.15) is 0 Å². The lowest BCUT2D eigenvalue weighted by molar-refractivity contribution is -0.0501. The zero-order chi connectivity index (χ0) is 9.26. The Morgan fingerprint density at radius 1 is 1.38 bits per heavy atom. The van der Waals surface area contributed by atoms with Crippen LogP contribution in [0.2, 0.25) is 0 Å². The molecule has 13 heavy (non-hydrogen) atoms. The minimum absolute atomic E-state index is 0.125. The van der Waals surface area contributed by atoms with Crippen LogP contribution in [-0.2, 0) is 0 Å². The molecule has 68 valence electrons. The molecule has 5 heteroatoms. The third kappa shape index (κ3) is 1.58. The smallest absolute Gasteiger partial charge is 0.387 e. The monoisotopic (exact) mass is 184 g/mol. The van der Waals surface area contributed by atoms with Crippen LogP contribution in [0.4, 0.5) is 8.78 Å². The summed E-state index contributed by atoms with van der Waals surface area (Å²) >= 11 is 0. The van der Waals surface area contributed by atoms with E-state index in [2.05, 4.69) is 9.72 Å². The molecule has 0 spiro atoms. The molecule has 2 aromatic heterocycles. The Bertz CT molecular complexity index is 413. The molecule has 0 bridgehead atoms. The molecule has 0 amide bonds. The van der Waals surface area contributed by atoms with E-state index in [1.807, 2.05) is 0 Å². The maximum atomic E-state index is 11.8. The minimum Gasteiger partial charge on any atom is -0.433 e. The number of fused-ring (bicyclic) bond motifs is 1. The van der Waals surface area contributed by atoms with Crippen LogP contribution < -0.4 is 4.74 Å². The van der Waals surface area contributed by atoms with Gasteiger partial charge in [-0.15, -0.1) is 0 Å². The molecule has 2 aromatic rings. The molecule has 0 fully saturated rings. The fourth-order valence-corrected chi connectivity index (χ4v) is 1.07. The summed E-state index contributed by atoms with van der Waals surface area (Å²) in [6, 6.07) is 3.06. The zero-order valence-corrected chi connectivity index (χ0v) is 6.52. The van der Waals surface area contributed by atoms with Gasteiger partial charge in [-0.05, 0) is 12.1 Å². The fraction of sp³-hybridized carbons (Fsp3) is 0.125. The molecule has 0 aliphatic heterocycles. The summed E-state index contributed by atoms with van der Waals surface area (Å²) in [5.41, 5.74) is 0.696. The highest BCUT2D eigenvalue weighted by molar-refractivity contribution is 5.41. The molecule has 0 N–H and O–H groups in total. The molecule has 0 radical (unpaired) electrons. The molecule has 2 rings (SSSR count). The lowest BCUT2D eigenvalue weighted by Gasteiger charge is -2.03. The predicted molar refractivity (Wildman–Crippen MR) is 41.8 cm³/mol. The average molecular weight is 184 g/mol. The molecule has 2 heterocycles. The normalized spacial score (nSPS) is 11.0. The Labute approximate surface area is 72.6 Å². The highest BCUT2D eigenvalue weighted by Crippen LogP contribution is 2.14. The Morgan fingerprint density at radius 3 is 3.00 bits per heavy atom. The quantitative estimate of drug-likeness (QED) is 0.712. The van der Waals surface area contributed by atoms with Gasteiger partial charge in [-0.1, -0.05) is 0 Å². The summed E-state index contributed by atoms with van der Waals surface area (Å²) in [5.74, 6) is 0.125. The highest BCUT2D eigenvalue weighted by atomic mass is 19.3. The van der Waals surface area contributed by atoms with E-state index in [0.717, 1.165) is 0 Å². The van der Waals surface area contributed by atoms with E-state index in [1.54, 1.807) is 22.9 Å². The Kier molecular flexibility index (Phi) is 1.84. The summed E-state index contributed by atoms with van der Waals surface area (Å²) in [7, 11) is 0. The number of hydrogen-bond acceptors (Lipinski definition) is 2. The number of rotatable bonds is 2. The van der Waals surface area contributed by atoms with E-state index >= 15 is 0 Å². The van der Waals surface area contributed by atoms with Crippen molar-refractivity contribution in [3.8, 4) is 5.75 Å². The molecular weight excluding hydrogens is 178 g/mol. The second kappa shape index (κ2) is 3.01. The molecule has 0 aliphatic carbocycles. The van der Waals surface area contributed by atoms with Gasteiger partial charge in [0.2, 0.25) is 0 Å². The van der Waals surface area contributed by atoms with Crippen molar-refractivity contribution in [1.82, 2.24) is 9.38 Å². The van der Waals surface area contributed by atoms with Gasteiger partial charge in [-0.3, -0.25) is 0 Å². The standard InChI is InChI=1S/C8H6F2N2O/c9-8(10)13-6-1-2-7-11-3-4-12(7)5-6/h1-5,8H. The Morgan fingerprint density at radius 2 is 2.23 bits per heavy atom. The first-order valence-electron chi connectivity index (χ1n) is 3.63. The number of ether oxygens (including phenoxy) is 1. The van der Waals surface area contributed by atoms with Crippen molar-refractivity contribution in [1.29, 1.82) is 0 Å². The number of aromatic nitrogens is 2. The van der Waals surface area contributed by atoms with E-state index in [-0.39, 0.29) is 5.75 Å². The first kappa shape index (κ1) is 7.97. The van der Waals surface area contributed by atoms with Crippen LogP contribution >= 0.6 is 0 Å². The van der Waals surface area contributed by atoms with Crippen molar-refractivity contribution in [3.63, 3.8) is 0 Å². The van der Waals surface area contributed by atoms with E-state index in [1.165, 1.54) is 12.3 Å². The van der Waals surface area contributed by atoms with Crippen molar-refractivity contribution in [2.24, 2.45) is 0 Å². The predicted octanol–water partition coefficient (Wildman–Crippen LogP) is 1.94. The van der Waals surface area contributed by atoms with Gasteiger partial charge >= 0.3 is 6.61 Å². The summed E-state index contributed by atoms with van der Waals surface area (Å²) < 4.78 is 29.4. The third-order valence-electron chi connectivity index (χ3n) is 1.59. The van der Waals surface area contributed by atoms with Gasteiger partial charge in [0.05, 0.1) is 6.20 Å². The van der Waals surface area contributed by atoms with Crippen molar-refractivity contribution < 1.29 is 13.5 Å². The zero-order valence-electron chi connectivity index (χ0n) is 6.52. The van der Waals surface area contributed by atoms with Crippen LogP contribution in [-0.4, -0.2) is 16.0 Å². The SMILES string of the molecule is FC(F)Oc1ccc2nccn2c1. The van der Waals surface area contributed by atoms with Crippen LogP contribution in [0.15, 0.2) is 30.7 Å². The van der Waals surface area contributed by atoms with Crippen molar-refractivity contribution >= 4 is 5.65 Å².